The molecule has 0 saturated carbocycles. The van der Waals surface area contributed by atoms with Gasteiger partial charge in [0.2, 0.25) is 0 Å². The van der Waals surface area contributed by atoms with Crippen LogP contribution in [0.3, 0.4) is 0 Å². The standard InChI is InChI=1S/C20H20N6O2/c1-14-22-17(10-27-14)19-24-23-18-11-28-20(13-26(18)19)6-7-25(12-20)9-16-5-3-2-4-15(16)8-21/h2-5,10H,6-7,9,11-13H2,1H3. The van der Waals surface area contributed by atoms with E-state index < -0.39 is 0 Å². The Hall–Kier alpha value is -3.02. The van der Waals surface area contributed by atoms with Gasteiger partial charge in [0.25, 0.3) is 0 Å². The van der Waals surface area contributed by atoms with Crippen molar-refractivity contribution in [3.05, 3.63) is 53.4 Å². The Bertz CT molecular complexity index is 1060. The van der Waals surface area contributed by atoms with E-state index in [1.807, 2.05) is 31.2 Å². The number of oxazole rings is 1. The van der Waals surface area contributed by atoms with Gasteiger partial charge in [-0.3, -0.25) is 4.90 Å². The van der Waals surface area contributed by atoms with E-state index in [1.54, 1.807) is 6.26 Å². The second-order valence-corrected chi connectivity index (χ2v) is 7.48. The third kappa shape index (κ3) is 2.89. The number of aromatic nitrogens is 4. The molecule has 1 spiro atoms. The smallest absolute Gasteiger partial charge is 0.191 e. The zero-order valence-corrected chi connectivity index (χ0v) is 15.6. The second kappa shape index (κ2) is 6.55. The van der Waals surface area contributed by atoms with Crippen LogP contribution in [0.4, 0.5) is 0 Å². The lowest BCUT2D eigenvalue weighted by molar-refractivity contribution is -0.0821. The molecule has 0 aliphatic carbocycles. The van der Waals surface area contributed by atoms with Gasteiger partial charge in [-0.1, -0.05) is 18.2 Å². The number of likely N-dealkylation sites (tertiary alicyclic amines) is 1. The molecular weight excluding hydrogens is 356 g/mol. The summed E-state index contributed by atoms with van der Waals surface area (Å²) >= 11 is 0. The average Bonchev–Trinajstić information content (AvgIpc) is 3.41. The number of nitriles is 1. The quantitative estimate of drug-likeness (QED) is 0.692. The van der Waals surface area contributed by atoms with Crippen molar-refractivity contribution in [3.8, 4) is 17.6 Å². The van der Waals surface area contributed by atoms with Crippen LogP contribution < -0.4 is 0 Å². The summed E-state index contributed by atoms with van der Waals surface area (Å²) in [6.07, 6.45) is 2.55. The van der Waals surface area contributed by atoms with Crippen LogP contribution >= 0.6 is 0 Å². The van der Waals surface area contributed by atoms with Gasteiger partial charge >= 0.3 is 0 Å². The van der Waals surface area contributed by atoms with E-state index in [2.05, 4.69) is 30.7 Å². The highest BCUT2D eigenvalue weighted by atomic mass is 16.5. The molecule has 2 aromatic heterocycles. The first-order valence-corrected chi connectivity index (χ1v) is 9.35. The van der Waals surface area contributed by atoms with E-state index in [9.17, 15) is 5.26 Å². The van der Waals surface area contributed by atoms with E-state index in [0.29, 0.717) is 24.7 Å². The topological polar surface area (TPSA) is 93.0 Å². The predicted octanol–water partition coefficient (Wildman–Crippen LogP) is 2.29. The van der Waals surface area contributed by atoms with Crippen molar-refractivity contribution in [1.82, 2.24) is 24.6 Å². The van der Waals surface area contributed by atoms with Crippen LogP contribution in [0.5, 0.6) is 0 Å². The molecular formula is C20H20N6O2. The second-order valence-electron chi connectivity index (χ2n) is 7.48. The molecule has 2 aliphatic rings. The molecule has 1 unspecified atom stereocenters. The summed E-state index contributed by atoms with van der Waals surface area (Å²) in [7, 11) is 0. The van der Waals surface area contributed by atoms with Crippen LogP contribution in [0.2, 0.25) is 0 Å². The Morgan fingerprint density at radius 3 is 2.96 bits per heavy atom. The van der Waals surface area contributed by atoms with E-state index in [-0.39, 0.29) is 5.60 Å². The third-order valence-electron chi connectivity index (χ3n) is 5.56. The summed E-state index contributed by atoms with van der Waals surface area (Å²) in [5, 5.41) is 17.9. The monoisotopic (exact) mass is 376 g/mol. The molecule has 8 heteroatoms. The van der Waals surface area contributed by atoms with Crippen molar-refractivity contribution in [2.45, 2.75) is 38.6 Å². The number of rotatable bonds is 3. The van der Waals surface area contributed by atoms with Gasteiger partial charge in [-0.2, -0.15) is 5.26 Å². The van der Waals surface area contributed by atoms with Crippen LogP contribution in [-0.2, 0) is 24.4 Å². The van der Waals surface area contributed by atoms with Crippen LogP contribution in [0.25, 0.3) is 11.5 Å². The molecule has 0 radical (unpaired) electrons. The number of aryl methyl sites for hydroxylation is 1. The summed E-state index contributed by atoms with van der Waals surface area (Å²) in [5.74, 6) is 2.15. The zero-order valence-electron chi connectivity index (χ0n) is 15.6. The normalized spacial score (nSPS) is 21.7. The van der Waals surface area contributed by atoms with Crippen molar-refractivity contribution < 1.29 is 9.15 Å². The zero-order chi connectivity index (χ0) is 19.1. The number of hydrogen-bond acceptors (Lipinski definition) is 7. The number of ether oxygens (including phenoxy) is 1. The Kier molecular flexibility index (Phi) is 4.00. The van der Waals surface area contributed by atoms with Crippen molar-refractivity contribution in [2.24, 2.45) is 0 Å². The average molecular weight is 376 g/mol. The number of hydrogen-bond donors (Lipinski definition) is 0. The van der Waals surface area contributed by atoms with E-state index in [4.69, 9.17) is 9.15 Å². The Balaban J connectivity index is 1.36. The fourth-order valence-electron chi connectivity index (χ4n) is 4.13. The third-order valence-corrected chi connectivity index (χ3v) is 5.56. The van der Waals surface area contributed by atoms with Crippen LogP contribution in [0.1, 0.15) is 29.3 Å². The lowest BCUT2D eigenvalue weighted by Crippen LogP contribution is -2.44. The van der Waals surface area contributed by atoms with Crippen molar-refractivity contribution >= 4 is 0 Å². The molecule has 1 atom stereocenters. The fraction of sp³-hybridized carbons (Fsp3) is 0.400. The van der Waals surface area contributed by atoms with E-state index >= 15 is 0 Å². The first-order chi connectivity index (χ1) is 13.7. The molecule has 142 valence electrons. The van der Waals surface area contributed by atoms with Crippen molar-refractivity contribution in [3.63, 3.8) is 0 Å². The van der Waals surface area contributed by atoms with Gasteiger partial charge in [-0.25, -0.2) is 4.98 Å². The lowest BCUT2D eigenvalue weighted by atomic mass is 10.0. The highest BCUT2D eigenvalue weighted by Crippen LogP contribution is 2.35. The summed E-state index contributed by atoms with van der Waals surface area (Å²) in [6.45, 7) is 5.42. The maximum Gasteiger partial charge on any atom is 0.191 e. The van der Waals surface area contributed by atoms with Gasteiger partial charge in [-0.15, -0.1) is 10.2 Å². The molecule has 2 aliphatic heterocycles. The van der Waals surface area contributed by atoms with Crippen molar-refractivity contribution in [2.75, 3.05) is 13.1 Å². The molecule has 0 N–H and O–H groups in total. The Morgan fingerprint density at radius 2 is 2.14 bits per heavy atom. The van der Waals surface area contributed by atoms with Gasteiger partial charge in [-0.05, 0) is 18.1 Å². The molecule has 1 fully saturated rings. The lowest BCUT2D eigenvalue weighted by Gasteiger charge is -2.34. The Morgan fingerprint density at radius 1 is 1.25 bits per heavy atom. The van der Waals surface area contributed by atoms with Gasteiger partial charge in [0.1, 0.15) is 24.2 Å². The molecule has 4 heterocycles. The molecule has 1 saturated heterocycles. The van der Waals surface area contributed by atoms with Crippen molar-refractivity contribution in [1.29, 1.82) is 5.26 Å². The minimum absolute atomic E-state index is 0.273. The molecule has 1 aromatic carbocycles. The summed E-state index contributed by atoms with van der Waals surface area (Å²) < 4.78 is 13.7. The Labute approximate surface area is 162 Å². The molecule has 0 amide bonds. The molecule has 0 bridgehead atoms. The highest BCUT2D eigenvalue weighted by Gasteiger charge is 2.43. The number of fused-ring (bicyclic) bond motifs is 1. The minimum atomic E-state index is -0.273. The van der Waals surface area contributed by atoms with Crippen LogP contribution in [0, 0.1) is 18.3 Å². The maximum atomic E-state index is 9.34. The van der Waals surface area contributed by atoms with Gasteiger partial charge in [0.15, 0.2) is 17.5 Å². The number of nitrogens with zero attached hydrogens (tertiary/aromatic N) is 6. The molecule has 8 nitrogen and oxygen atoms in total. The van der Waals surface area contributed by atoms with Crippen LogP contribution in [0.15, 0.2) is 34.9 Å². The minimum Gasteiger partial charge on any atom is -0.449 e. The largest absolute Gasteiger partial charge is 0.449 e. The first-order valence-electron chi connectivity index (χ1n) is 9.35. The summed E-state index contributed by atoms with van der Waals surface area (Å²) in [4.78, 5) is 6.75. The molecule has 3 aromatic rings. The summed E-state index contributed by atoms with van der Waals surface area (Å²) in [5.41, 5.74) is 2.22. The van der Waals surface area contributed by atoms with E-state index in [0.717, 1.165) is 48.8 Å². The van der Waals surface area contributed by atoms with Gasteiger partial charge in [0, 0.05) is 26.6 Å². The molecule has 28 heavy (non-hydrogen) atoms. The summed E-state index contributed by atoms with van der Waals surface area (Å²) in [6, 6.07) is 10.1. The predicted molar refractivity (Wildman–Crippen MR) is 98.8 cm³/mol. The highest BCUT2D eigenvalue weighted by molar-refractivity contribution is 5.48. The fourth-order valence-corrected chi connectivity index (χ4v) is 4.13. The van der Waals surface area contributed by atoms with Crippen LogP contribution in [-0.4, -0.2) is 43.3 Å². The number of benzene rings is 1. The molecule has 5 rings (SSSR count). The van der Waals surface area contributed by atoms with Gasteiger partial charge < -0.3 is 13.7 Å². The SMILES string of the molecule is Cc1nc(-c2nnc3n2CC2(CCN(Cc4ccccc4C#N)C2)OC3)co1. The van der Waals surface area contributed by atoms with E-state index in [1.165, 1.54) is 0 Å². The maximum absolute atomic E-state index is 9.34. The van der Waals surface area contributed by atoms with Gasteiger partial charge in [0.05, 0.1) is 18.2 Å². The first kappa shape index (κ1) is 17.1.